The van der Waals surface area contributed by atoms with E-state index in [1.807, 2.05) is 18.2 Å². The predicted octanol–water partition coefficient (Wildman–Crippen LogP) is 2.24. The first kappa shape index (κ1) is 14.3. The fourth-order valence-electron chi connectivity index (χ4n) is 2.60. The van der Waals surface area contributed by atoms with Crippen LogP contribution >= 0.6 is 11.6 Å². The van der Waals surface area contributed by atoms with Crippen molar-refractivity contribution in [3.05, 3.63) is 46.4 Å². The van der Waals surface area contributed by atoms with Crippen LogP contribution in [0.25, 0.3) is 0 Å². The van der Waals surface area contributed by atoms with E-state index in [1.165, 1.54) is 0 Å². The Morgan fingerprint density at radius 2 is 2.10 bits per heavy atom. The molecule has 2 heterocycles. The first-order chi connectivity index (χ1) is 10.0. The van der Waals surface area contributed by atoms with Crippen molar-refractivity contribution in [2.45, 2.75) is 19.1 Å². The highest BCUT2D eigenvalue weighted by Crippen LogP contribution is 2.34. The van der Waals surface area contributed by atoms with Gasteiger partial charge in [0.25, 0.3) is 0 Å². The summed E-state index contributed by atoms with van der Waals surface area (Å²) in [6.07, 6.45) is 0.861. The molecule has 5 nitrogen and oxygen atoms in total. The van der Waals surface area contributed by atoms with Crippen molar-refractivity contribution in [2.24, 2.45) is 0 Å². The lowest BCUT2D eigenvalue weighted by Crippen LogP contribution is -2.15. The van der Waals surface area contributed by atoms with Gasteiger partial charge in [-0.25, -0.2) is 18.4 Å². The van der Waals surface area contributed by atoms with Crippen molar-refractivity contribution in [1.82, 2.24) is 9.97 Å². The number of thiol groups is 1. The van der Waals surface area contributed by atoms with Crippen molar-refractivity contribution in [2.75, 3.05) is 11.4 Å². The van der Waals surface area contributed by atoms with Gasteiger partial charge in [-0.3, -0.25) is 0 Å². The van der Waals surface area contributed by atoms with Crippen molar-refractivity contribution in [3.8, 4) is 0 Å². The molecule has 0 amide bonds. The van der Waals surface area contributed by atoms with Gasteiger partial charge in [0.2, 0.25) is 0 Å². The Morgan fingerprint density at radius 1 is 1.29 bits per heavy atom. The second-order valence-corrected chi connectivity index (χ2v) is 6.32. The molecule has 2 aromatic rings. The Kier molecular flexibility index (Phi) is 3.82. The molecule has 110 valence electrons. The molecular formula is C14H14ClN3O2S. The largest absolute Gasteiger partial charge is 0.326 e. The number of nitrogens with zero attached hydrogens (tertiary/aromatic N) is 3. The van der Waals surface area contributed by atoms with Gasteiger partial charge in [-0.1, -0.05) is 23.7 Å². The summed E-state index contributed by atoms with van der Waals surface area (Å²) < 4.78 is 21.6. The molecule has 0 saturated carbocycles. The standard InChI is InChI=1S/C14H14ClN3O2S/c1-9-16-13(15)7-14(17-9)18-5-4-11-6-10(8-21(19)20)2-3-12(11)18/h2-3,6-7,21H,4-5,8H2,1H3. The SMILES string of the molecule is Cc1nc(Cl)cc(N2CCc3cc(C[SH](=O)=O)ccc32)n1. The van der Waals surface area contributed by atoms with E-state index in [0.717, 1.165) is 35.6 Å². The highest BCUT2D eigenvalue weighted by Gasteiger charge is 2.22. The maximum absolute atomic E-state index is 10.8. The highest BCUT2D eigenvalue weighted by atomic mass is 35.5. The number of fused-ring (bicyclic) bond motifs is 1. The number of hydrogen-bond acceptors (Lipinski definition) is 5. The van der Waals surface area contributed by atoms with E-state index in [9.17, 15) is 8.42 Å². The van der Waals surface area contributed by atoms with Gasteiger partial charge in [-0.05, 0) is 30.5 Å². The number of benzene rings is 1. The molecule has 0 aliphatic carbocycles. The van der Waals surface area contributed by atoms with Gasteiger partial charge < -0.3 is 4.90 Å². The molecule has 0 unspecified atom stereocenters. The first-order valence-electron chi connectivity index (χ1n) is 6.55. The van der Waals surface area contributed by atoms with Crippen molar-refractivity contribution in [3.63, 3.8) is 0 Å². The minimum Gasteiger partial charge on any atom is -0.326 e. The zero-order valence-corrected chi connectivity index (χ0v) is 13.1. The molecule has 7 heteroatoms. The fourth-order valence-corrected chi connectivity index (χ4v) is 3.31. The van der Waals surface area contributed by atoms with Crippen LogP contribution in [0.5, 0.6) is 0 Å². The number of halogens is 1. The van der Waals surface area contributed by atoms with E-state index in [0.29, 0.717) is 11.0 Å². The quantitative estimate of drug-likeness (QED) is 0.693. The maximum atomic E-state index is 10.8. The van der Waals surface area contributed by atoms with Crippen LogP contribution in [0.2, 0.25) is 5.15 Å². The van der Waals surface area contributed by atoms with E-state index < -0.39 is 10.7 Å². The molecular weight excluding hydrogens is 310 g/mol. The summed E-state index contributed by atoms with van der Waals surface area (Å²) in [5.74, 6) is 1.49. The lowest BCUT2D eigenvalue weighted by molar-refractivity contribution is 0.614. The van der Waals surface area contributed by atoms with Crippen LogP contribution in [0, 0.1) is 6.92 Å². The summed E-state index contributed by atoms with van der Waals surface area (Å²) in [7, 11) is -2.40. The second kappa shape index (κ2) is 5.61. The van der Waals surface area contributed by atoms with Gasteiger partial charge in [0.1, 0.15) is 27.5 Å². The molecule has 0 N–H and O–H groups in total. The third-order valence-corrected chi connectivity index (χ3v) is 4.24. The number of hydrogen-bond donors (Lipinski definition) is 1. The smallest absolute Gasteiger partial charge is 0.144 e. The van der Waals surface area contributed by atoms with Gasteiger partial charge in [0, 0.05) is 18.3 Å². The normalized spacial score (nSPS) is 13.8. The summed E-state index contributed by atoms with van der Waals surface area (Å²) >= 11 is 5.99. The first-order valence-corrected chi connectivity index (χ1v) is 8.29. The van der Waals surface area contributed by atoms with Crippen molar-refractivity contribution < 1.29 is 8.42 Å². The Bertz CT molecular complexity index is 749. The third-order valence-electron chi connectivity index (χ3n) is 3.42. The van der Waals surface area contributed by atoms with Gasteiger partial charge in [-0.15, -0.1) is 0 Å². The second-order valence-electron chi connectivity index (χ2n) is 4.95. The van der Waals surface area contributed by atoms with Crippen LogP contribution in [-0.4, -0.2) is 24.9 Å². The van der Waals surface area contributed by atoms with E-state index in [1.54, 1.807) is 13.0 Å². The lowest BCUT2D eigenvalue weighted by atomic mass is 10.1. The van der Waals surface area contributed by atoms with Gasteiger partial charge >= 0.3 is 0 Å². The molecule has 0 saturated heterocycles. The van der Waals surface area contributed by atoms with E-state index in [-0.39, 0.29) is 5.75 Å². The van der Waals surface area contributed by atoms with Crippen LogP contribution in [0.3, 0.4) is 0 Å². The minimum absolute atomic E-state index is 0.0844. The van der Waals surface area contributed by atoms with Crippen molar-refractivity contribution >= 4 is 33.8 Å². The molecule has 21 heavy (non-hydrogen) atoms. The third kappa shape index (κ3) is 3.01. The number of aromatic nitrogens is 2. The summed E-state index contributed by atoms with van der Waals surface area (Å²) in [5, 5.41) is 0.422. The summed E-state index contributed by atoms with van der Waals surface area (Å²) in [6, 6.07) is 7.49. The van der Waals surface area contributed by atoms with Crippen LogP contribution < -0.4 is 4.90 Å². The molecule has 1 aromatic carbocycles. The molecule has 0 bridgehead atoms. The molecule has 0 radical (unpaired) electrons. The van der Waals surface area contributed by atoms with Gasteiger partial charge in [0.05, 0.1) is 5.75 Å². The van der Waals surface area contributed by atoms with E-state index in [4.69, 9.17) is 11.6 Å². The maximum Gasteiger partial charge on any atom is 0.144 e. The van der Waals surface area contributed by atoms with Crippen LogP contribution in [0.4, 0.5) is 11.5 Å². The average molecular weight is 324 g/mol. The number of aryl methyl sites for hydroxylation is 1. The fraction of sp³-hybridized carbons (Fsp3) is 0.286. The predicted molar refractivity (Wildman–Crippen MR) is 82.9 cm³/mol. The zero-order chi connectivity index (χ0) is 15.0. The van der Waals surface area contributed by atoms with Crippen LogP contribution in [-0.2, 0) is 22.9 Å². The van der Waals surface area contributed by atoms with Crippen LogP contribution in [0.15, 0.2) is 24.3 Å². The lowest BCUT2D eigenvalue weighted by Gasteiger charge is -2.19. The summed E-state index contributed by atoms with van der Waals surface area (Å²) in [6.45, 7) is 2.61. The molecule has 1 aromatic heterocycles. The molecule has 0 spiro atoms. The zero-order valence-electron chi connectivity index (χ0n) is 11.4. The summed E-state index contributed by atoms with van der Waals surface area (Å²) in [4.78, 5) is 10.6. The van der Waals surface area contributed by atoms with Crippen molar-refractivity contribution in [1.29, 1.82) is 0 Å². The van der Waals surface area contributed by atoms with Gasteiger partial charge in [-0.2, -0.15) is 0 Å². The molecule has 1 aliphatic heterocycles. The van der Waals surface area contributed by atoms with E-state index >= 15 is 0 Å². The highest BCUT2D eigenvalue weighted by molar-refractivity contribution is 7.71. The topological polar surface area (TPSA) is 63.2 Å². The average Bonchev–Trinajstić information content (AvgIpc) is 2.79. The Morgan fingerprint density at radius 3 is 2.81 bits per heavy atom. The molecule has 3 rings (SSSR count). The van der Waals surface area contributed by atoms with E-state index in [2.05, 4.69) is 14.9 Å². The molecule has 0 atom stereocenters. The Hall–Kier alpha value is -1.66. The Labute approximate surface area is 129 Å². The molecule has 0 fully saturated rings. The molecule has 1 aliphatic rings. The number of anilines is 2. The van der Waals surface area contributed by atoms with Crippen LogP contribution in [0.1, 0.15) is 17.0 Å². The number of rotatable bonds is 3. The van der Waals surface area contributed by atoms with Gasteiger partial charge in [0.15, 0.2) is 0 Å². The monoisotopic (exact) mass is 323 g/mol. The Balaban J connectivity index is 1.96. The minimum atomic E-state index is -2.40. The summed E-state index contributed by atoms with van der Waals surface area (Å²) in [5.41, 5.74) is 3.01.